The van der Waals surface area contributed by atoms with Crippen molar-refractivity contribution < 1.29 is 9.53 Å². The van der Waals surface area contributed by atoms with Crippen molar-refractivity contribution in [3.63, 3.8) is 0 Å². The Morgan fingerprint density at radius 1 is 1.20 bits per heavy atom. The van der Waals surface area contributed by atoms with Crippen LogP contribution in [0.3, 0.4) is 0 Å². The minimum Gasteiger partial charge on any atom is -0.467 e. The zero-order chi connectivity index (χ0) is 17.2. The van der Waals surface area contributed by atoms with Gasteiger partial charge in [-0.1, -0.05) is 30.3 Å². The highest BCUT2D eigenvalue weighted by atomic mass is 16.5. The smallest absolute Gasteiger partial charge is 0.316 e. The third kappa shape index (κ3) is 2.96. The average Bonchev–Trinajstić information content (AvgIpc) is 3.05. The lowest BCUT2D eigenvalue weighted by molar-refractivity contribution is -0.132. The molecule has 0 bridgehead atoms. The van der Waals surface area contributed by atoms with E-state index in [1.54, 1.807) is 12.4 Å². The molecule has 7 heteroatoms. The fourth-order valence-corrected chi connectivity index (χ4v) is 3.00. The Bertz CT molecular complexity index is 890. The Hall–Kier alpha value is -3.22. The molecule has 0 spiro atoms. The van der Waals surface area contributed by atoms with Crippen molar-refractivity contribution in [1.82, 2.24) is 25.1 Å². The monoisotopic (exact) mass is 335 g/mol. The summed E-state index contributed by atoms with van der Waals surface area (Å²) in [6, 6.07) is 10.3. The Balaban J connectivity index is 1.58. The zero-order valence-electron chi connectivity index (χ0n) is 13.8. The number of nitrogens with zero attached hydrogens (tertiary/aromatic N) is 4. The summed E-state index contributed by atoms with van der Waals surface area (Å²) in [5.41, 5.74) is 4.49. The molecule has 1 amide bonds. The number of methoxy groups -OCH3 is 1. The minimum absolute atomic E-state index is 0.0911. The number of amides is 1. The van der Waals surface area contributed by atoms with E-state index in [4.69, 9.17) is 4.74 Å². The number of fused-ring (bicyclic) bond motifs is 1. The second-order valence-electron chi connectivity index (χ2n) is 5.90. The molecule has 126 valence electrons. The summed E-state index contributed by atoms with van der Waals surface area (Å²) in [5, 5.41) is 7.43. The number of aromatic nitrogens is 4. The number of nitrogens with one attached hydrogen (secondary N) is 1. The molecule has 4 rings (SSSR count). The lowest BCUT2D eigenvalue weighted by atomic mass is 10.0. The van der Waals surface area contributed by atoms with Crippen LogP contribution in [0.4, 0.5) is 0 Å². The molecule has 1 aliphatic rings. The molecule has 3 aromatic rings. The number of carbonyl (C=O) groups excluding carboxylic acids is 1. The molecule has 0 radical (unpaired) electrons. The summed E-state index contributed by atoms with van der Waals surface area (Å²) in [6.45, 7) is 1.12. The van der Waals surface area contributed by atoms with Crippen molar-refractivity contribution in [3.8, 4) is 17.3 Å². The van der Waals surface area contributed by atoms with E-state index in [0.29, 0.717) is 25.5 Å². The van der Waals surface area contributed by atoms with Crippen molar-refractivity contribution in [2.45, 2.75) is 19.5 Å². The van der Waals surface area contributed by atoms with Crippen LogP contribution in [0.25, 0.3) is 11.3 Å². The number of H-pyrrole nitrogens is 1. The van der Waals surface area contributed by atoms with Crippen LogP contribution in [-0.2, 0) is 24.3 Å². The number of benzene rings is 1. The largest absolute Gasteiger partial charge is 0.467 e. The predicted octanol–water partition coefficient (Wildman–Crippen LogP) is 1.96. The molecule has 1 aromatic carbocycles. The fraction of sp³-hybridized carbons (Fsp3) is 0.222. The first-order valence-electron chi connectivity index (χ1n) is 7.99. The second kappa shape index (κ2) is 6.35. The van der Waals surface area contributed by atoms with Crippen LogP contribution in [-0.4, -0.2) is 38.1 Å². The van der Waals surface area contributed by atoms with E-state index in [9.17, 15) is 4.79 Å². The quantitative estimate of drug-likeness (QED) is 0.788. The lowest BCUT2D eigenvalue weighted by Crippen LogP contribution is -2.35. The number of aromatic amines is 1. The molecular weight excluding hydrogens is 318 g/mol. The molecule has 0 saturated heterocycles. The van der Waals surface area contributed by atoms with E-state index >= 15 is 0 Å². The summed E-state index contributed by atoms with van der Waals surface area (Å²) in [6.07, 6.45) is 3.63. The number of rotatable bonds is 4. The van der Waals surface area contributed by atoms with E-state index < -0.39 is 0 Å². The summed E-state index contributed by atoms with van der Waals surface area (Å²) in [4.78, 5) is 22.6. The molecular formula is C18H17N5O2. The summed E-state index contributed by atoms with van der Waals surface area (Å²) in [5.74, 6) is 0.0911. The number of hydrogen-bond acceptors (Lipinski definition) is 5. The third-order valence-corrected chi connectivity index (χ3v) is 4.28. The van der Waals surface area contributed by atoms with Crippen molar-refractivity contribution in [2.24, 2.45) is 0 Å². The third-order valence-electron chi connectivity index (χ3n) is 4.28. The Labute approximate surface area is 144 Å². The highest BCUT2D eigenvalue weighted by Crippen LogP contribution is 2.28. The maximum absolute atomic E-state index is 12.6. The molecule has 0 unspecified atom stereocenters. The number of ether oxygens (including phenoxy) is 1. The van der Waals surface area contributed by atoms with Crippen LogP contribution in [0.5, 0.6) is 6.01 Å². The molecule has 25 heavy (non-hydrogen) atoms. The normalized spacial score (nSPS) is 13.6. The molecule has 2 aromatic heterocycles. The van der Waals surface area contributed by atoms with Crippen LogP contribution < -0.4 is 4.74 Å². The van der Waals surface area contributed by atoms with Gasteiger partial charge in [-0.3, -0.25) is 9.89 Å². The van der Waals surface area contributed by atoms with Gasteiger partial charge in [0.1, 0.15) is 0 Å². The highest BCUT2D eigenvalue weighted by molar-refractivity contribution is 5.83. The number of carbonyl (C=O) groups is 1. The van der Waals surface area contributed by atoms with E-state index in [1.807, 2.05) is 35.2 Å². The van der Waals surface area contributed by atoms with E-state index in [1.165, 1.54) is 7.11 Å². The van der Waals surface area contributed by atoms with Gasteiger partial charge in [-0.15, -0.1) is 0 Å². The Kier molecular flexibility index (Phi) is 3.89. The van der Waals surface area contributed by atoms with Gasteiger partial charge in [0.05, 0.1) is 31.5 Å². The lowest BCUT2D eigenvalue weighted by Gasteiger charge is -2.27. The van der Waals surface area contributed by atoms with Gasteiger partial charge < -0.3 is 9.64 Å². The molecule has 7 nitrogen and oxygen atoms in total. The van der Waals surface area contributed by atoms with Crippen molar-refractivity contribution in [1.29, 1.82) is 0 Å². The molecule has 0 saturated carbocycles. The summed E-state index contributed by atoms with van der Waals surface area (Å²) in [7, 11) is 1.52. The second-order valence-corrected chi connectivity index (χ2v) is 5.90. The average molecular weight is 335 g/mol. The maximum Gasteiger partial charge on any atom is 0.316 e. The van der Waals surface area contributed by atoms with Gasteiger partial charge in [-0.2, -0.15) is 5.10 Å². The van der Waals surface area contributed by atoms with Crippen LogP contribution in [0.1, 0.15) is 16.8 Å². The molecule has 3 heterocycles. The highest BCUT2D eigenvalue weighted by Gasteiger charge is 2.28. The SMILES string of the molecule is COc1ncc(-c2n[nH]c3c2CC(=O)N(Cc2ccccc2)C3)cn1. The van der Waals surface area contributed by atoms with Gasteiger partial charge >= 0.3 is 6.01 Å². The number of hydrogen-bond donors (Lipinski definition) is 1. The first-order valence-corrected chi connectivity index (χ1v) is 7.99. The summed E-state index contributed by atoms with van der Waals surface area (Å²) >= 11 is 0. The molecule has 0 atom stereocenters. The zero-order valence-corrected chi connectivity index (χ0v) is 13.8. The molecule has 1 aliphatic heterocycles. The maximum atomic E-state index is 12.6. The van der Waals surface area contributed by atoms with Crippen molar-refractivity contribution in [3.05, 3.63) is 59.5 Å². The predicted molar refractivity (Wildman–Crippen MR) is 90.6 cm³/mol. The molecule has 0 fully saturated rings. The van der Waals surface area contributed by atoms with Crippen LogP contribution in [0.15, 0.2) is 42.7 Å². The van der Waals surface area contributed by atoms with Gasteiger partial charge in [-0.05, 0) is 5.56 Å². The van der Waals surface area contributed by atoms with E-state index in [0.717, 1.165) is 28.1 Å². The van der Waals surface area contributed by atoms with Crippen LogP contribution in [0.2, 0.25) is 0 Å². The van der Waals surface area contributed by atoms with Crippen molar-refractivity contribution >= 4 is 5.91 Å². The first-order chi connectivity index (χ1) is 12.2. The summed E-state index contributed by atoms with van der Waals surface area (Å²) < 4.78 is 4.98. The van der Waals surface area contributed by atoms with E-state index in [2.05, 4.69) is 20.2 Å². The van der Waals surface area contributed by atoms with Gasteiger partial charge in [0, 0.05) is 30.1 Å². The van der Waals surface area contributed by atoms with Gasteiger partial charge in [0.2, 0.25) is 5.91 Å². The van der Waals surface area contributed by atoms with E-state index in [-0.39, 0.29) is 5.91 Å². The standard InChI is InChI=1S/C18H17N5O2/c1-25-18-19-8-13(9-20-18)17-14-7-16(24)23(11-15(14)21-22-17)10-12-5-3-2-4-6-12/h2-6,8-9H,7,10-11H2,1H3,(H,21,22). The van der Waals surface area contributed by atoms with Gasteiger partial charge in [0.25, 0.3) is 0 Å². The molecule has 1 N–H and O–H groups in total. The molecule has 0 aliphatic carbocycles. The van der Waals surface area contributed by atoms with Crippen LogP contribution >= 0.6 is 0 Å². The fourth-order valence-electron chi connectivity index (χ4n) is 3.00. The minimum atomic E-state index is 0.0911. The first kappa shape index (κ1) is 15.3. The van der Waals surface area contributed by atoms with Gasteiger partial charge in [-0.25, -0.2) is 9.97 Å². The van der Waals surface area contributed by atoms with Gasteiger partial charge in [0.15, 0.2) is 0 Å². The Morgan fingerprint density at radius 2 is 1.96 bits per heavy atom. The van der Waals surface area contributed by atoms with Crippen molar-refractivity contribution in [2.75, 3.05) is 7.11 Å². The Morgan fingerprint density at radius 3 is 2.68 bits per heavy atom. The van der Waals surface area contributed by atoms with Crippen LogP contribution in [0, 0.1) is 0 Å². The topological polar surface area (TPSA) is 84.0 Å².